The minimum Gasteiger partial charge on any atom is -0.379 e. The van der Waals surface area contributed by atoms with E-state index in [9.17, 15) is 18.0 Å². The molecule has 3 N–H and O–H groups in total. The number of rotatable bonds is 2. The van der Waals surface area contributed by atoms with Gasteiger partial charge in [0.05, 0.1) is 30.0 Å². The zero-order chi connectivity index (χ0) is 19.2. The highest BCUT2D eigenvalue weighted by Gasteiger charge is 2.41. The van der Waals surface area contributed by atoms with E-state index >= 15 is 0 Å². The van der Waals surface area contributed by atoms with Gasteiger partial charge in [0.25, 0.3) is 5.91 Å². The molecule has 0 saturated carbocycles. The first-order chi connectivity index (χ1) is 12.8. The number of carbonyl (C=O) groups excluding carboxylic acids is 1. The van der Waals surface area contributed by atoms with Gasteiger partial charge in [0.1, 0.15) is 12.5 Å². The van der Waals surface area contributed by atoms with Crippen molar-refractivity contribution in [3.05, 3.63) is 40.0 Å². The summed E-state index contributed by atoms with van der Waals surface area (Å²) in [5.41, 5.74) is 2.39. The Labute approximate surface area is 161 Å². The summed E-state index contributed by atoms with van der Waals surface area (Å²) in [5.74, 6) is -0.323. The molecule has 1 aromatic carbocycles. The third-order valence-electron chi connectivity index (χ3n) is 4.64. The van der Waals surface area contributed by atoms with Gasteiger partial charge < -0.3 is 10.1 Å². The summed E-state index contributed by atoms with van der Waals surface area (Å²) in [4.78, 5) is 14.5. The number of fused-ring (bicyclic) bond motifs is 1. The minimum absolute atomic E-state index is 0.0786. The van der Waals surface area contributed by atoms with Crippen LogP contribution in [0, 0.1) is 0 Å². The SMILES string of the molecule is O=C1NC(N2CCOCC2)NC2NN(c3ccc(Br)cc3C(F)(F)F)C=C12. The number of morpholine rings is 1. The van der Waals surface area contributed by atoms with Crippen LogP contribution < -0.4 is 21.1 Å². The first-order valence-corrected chi connectivity index (χ1v) is 9.15. The molecule has 0 aliphatic carbocycles. The lowest BCUT2D eigenvalue weighted by Crippen LogP contribution is -2.68. The molecule has 2 unspecified atom stereocenters. The lowest BCUT2D eigenvalue weighted by Gasteiger charge is -2.40. The number of amides is 1. The zero-order valence-corrected chi connectivity index (χ0v) is 15.6. The summed E-state index contributed by atoms with van der Waals surface area (Å²) < 4.78 is 45.9. The van der Waals surface area contributed by atoms with E-state index in [1.165, 1.54) is 23.3 Å². The molecule has 2 atom stereocenters. The maximum absolute atomic E-state index is 13.4. The summed E-state index contributed by atoms with van der Waals surface area (Å²) in [7, 11) is 0. The maximum atomic E-state index is 13.4. The zero-order valence-electron chi connectivity index (χ0n) is 14.0. The molecule has 3 aliphatic rings. The summed E-state index contributed by atoms with van der Waals surface area (Å²) in [6, 6.07) is 3.89. The van der Waals surface area contributed by atoms with Crippen molar-refractivity contribution < 1.29 is 22.7 Å². The largest absolute Gasteiger partial charge is 0.418 e. The van der Waals surface area contributed by atoms with E-state index in [0.717, 1.165) is 6.07 Å². The van der Waals surface area contributed by atoms with Crippen LogP contribution in [0.3, 0.4) is 0 Å². The Morgan fingerprint density at radius 2 is 1.96 bits per heavy atom. The molecular formula is C16H17BrF3N5O2. The van der Waals surface area contributed by atoms with E-state index < -0.39 is 24.2 Å². The number of anilines is 1. The molecule has 4 rings (SSSR count). The summed E-state index contributed by atoms with van der Waals surface area (Å²) in [6.07, 6.45) is -4.14. The van der Waals surface area contributed by atoms with Gasteiger partial charge in [0, 0.05) is 23.8 Å². The molecule has 7 nitrogen and oxygen atoms in total. The molecule has 1 amide bonds. The Morgan fingerprint density at radius 3 is 2.67 bits per heavy atom. The quantitative estimate of drug-likeness (QED) is 0.635. The normalized spacial score (nSPS) is 26.6. The van der Waals surface area contributed by atoms with Crippen LogP contribution in [0.5, 0.6) is 0 Å². The highest BCUT2D eigenvalue weighted by atomic mass is 79.9. The van der Waals surface area contributed by atoms with Gasteiger partial charge in [-0.3, -0.25) is 20.0 Å². The number of ether oxygens (including phenoxy) is 1. The predicted octanol–water partition coefficient (Wildman–Crippen LogP) is 1.34. The highest BCUT2D eigenvalue weighted by molar-refractivity contribution is 9.10. The van der Waals surface area contributed by atoms with Crippen molar-refractivity contribution in [2.24, 2.45) is 0 Å². The number of alkyl halides is 3. The standard InChI is InChI=1S/C16H17BrF3N5O2/c17-9-1-2-12(11(7-9)16(18,19)20)25-8-10-13(23-25)21-15(22-14(10)26)24-3-5-27-6-4-24/h1-2,7-8,13,15,21,23H,3-6H2,(H,22,26). The van der Waals surface area contributed by atoms with Crippen LogP contribution in [-0.4, -0.2) is 49.6 Å². The number of hydrazine groups is 1. The van der Waals surface area contributed by atoms with Crippen LogP contribution in [0.15, 0.2) is 34.4 Å². The van der Waals surface area contributed by atoms with Crippen molar-refractivity contribution in [3.8, 4) is 0 Å². The Hall–Kier alpha value is -1.66. The van der Waals surface area contributed by atoms with Gasteiger partial charge >= 0.3 is 6.18 Å². The van der Waals surface area contributed by atoms with Crippen LogP contribution >= 0.6 is 15.9 Å². The molecule has 1 aromatic rings. The minimum atomic E-state index is -4.53. The van der Waals surface area contributed by atoms with Gasteiger partial charge in [0.15, 0.2) is 0 Å². The van der Waals surface area contributed by atoms with E-state index in [2.05, 4.69) is 32.0 Å². The number of nitrogens with one attached hydrogen (secondary N) is 3. The second kappa shape index (κ2) is 7.06. The fraction of sp³-hybridized carbons (Fsp3) is 0.438. The average Bonchev–Trinajstić information content (AvgIpc) is 3.06. The van der Waals surface area contributed by atoms with Crippen LogP contribution in [0.4, 0.5) is 18.9 Å². The number of hydrogen-bond donors (Lipinski definition) is 3. The number of nitrogens with zero attached hydrogens (tertiary/aromatic N) is 2. The Morgan fingerprint density at radius 1 is 1.22 bits per heavy atom. The first kappa shape index (κ1) is 18.7. The van der Waals surface area contributed by atoms with Crippen molar-refractivity contribution in [2.75, 3.05) is 31.3 Å². The van der Waals surface area contributed by atoms with E-state index in [0.29, 0.717) is 36.3 Å². The fourth-order valence-electron chi connectivity index (χ4n) is 3.30. The first-order valence-electron chi connectivity index (χ1n) is 8.35. The average molecular weight is 448 g/mol. The van der Waals surface area contributed by atoms with Crippen molar-refractivity contribution in [2.45, 2.75) is 18.6 Å². The van der Waals surface area contributed by atoms with Gasteiger partial charge in [-0.15, -0.1) is 0 Å². The van der Waals surface area contributed by atoms with E-state index in [1.807, 2.05) is 4.90 Å². The summed E-state index contributed by atoms with van der Waals surface area (Å²) in [5, 5.41) is 7.29. The second-order valence-corrected chi connectivity index (χ2v) is 7.28. The van der Waals surface area contributed by atoms with E-state index in [4.69, 9.17) is 4.74 Å². The number of hydrogen-bond acceptors (Lipinski definition) is 6. The summed E-state index contributed by atoms with van der Waals surface area (Å²) in [6.45, 7) is 2.43. The lowest BCUT2D eigenvalue weighted by molar-refractivity contribution is -0.137. The van der Waals surface area contributed by atoms with Crippen LogP contribution in [0.2, 0.25) is 0 Å². The third-order valence-corrected chi connectivity index (χ3v) is 5.13. The molecule has 11 heteroatoms. The van der Waals surface area contributed by atoms with Gasteiger partial charge in [0.2, 0.25) is 0 Å². The van der Waals surface area contributed by atoms with Gasteiger partial charge in [-0.05, 0) is 18.2 Å². The number of carbonyl (C=O) groups is 1. The fourth-order valence-corrected chi connectivity index (χ4v) is 3.66. The number of benzene rings is 1. The molecule has 27 heavy (non-hydrogen) atoms. The molecule has 146 valence electrons. The molecule has 0 spiro atoms. The molecule has 3 aliphatic heterocycles. The topological polar surface area (TPSA) is 68.9 Å². The van der Waals surface area contributed by atoms with Crippen molar-refractivity contribution >= 4 is 27.5 Å². The highest BCUT2D eigenvalue weighted by Crippen LogP contribution is 2.39. The molecular weight excluding hydrogens is 431 g/mol. The van der Waals surface area contributed by atoms with Crippen LogP contribution in [0.25, 0.3) is 0 Å². The Balaban J connectivity index is 1.57. The second-order valence-electron chi connectivity index (χ2n) is 6.37. The van der Waals surface area contributed by atoms with Crippen LogP contribution in [0.1, 0.15) is 5.56 Å². The Kier molecular flexibility index (Phi) is 4.89. The summed E-state index contributed by atoms with van der Waals surface area (Å²) >= 11 is 3.07. The lowest BCUT2D eigenvalue weighted by atomic mass is 10.1. The third kappa shape index (κ3) is 3.69. The van der Waals surface area contributed by atoms with Gasteiger partial charge in [-0.1, -0.05) is 15.9 Å². The number of halogens is 4. The molecule has 0 radical (unpaired) electrons. The van der Waals surface area contributed by atoms with Gasteiger partial charge in [-0.25, -0.2) is 5.43 Å². The maximum Gasteiger partial charge on any atom is 0.418 e. The predicted molar refractivity (Wildman–Crippen MR) is 94.1 cm³/mol. The smallest absolute Gasteiger partial charge is 0.379 e. The van der Waals surface area contributed by atoms with Crippen LogP contribution in [-0.2, 0) is 15.7 Å². The molecule has 2 fully saturated rings. The van der Waals surface area contributed by atoms with Crippen molar-refractivity contribution in [1.82, 2.24) is 21.0 Å². The van der Waals surface area contributed by atoms with Crippen molar-refractivity contribution in [1.29, 1.82) is 0 Å². The van der Waals surface area contributed by atoms with Crippen molar-refractivity contribution in [3.63, 3.8) is 0 Å². The molecule has 2 saturated heterocycles. The molecule has 0 aromatic heterocycles. The van der Waals surface area contributed by atoms with Gasteiger partial charge in [-0.2, -0.15) is 13.2 Å². The Bertz CT molecular complexity index is 782. The molecule has 0 bridgehead atoms. The molecule has 3 heterocycles. The van der Waals surface area contributed by atoms with E-state index in [1.54, 1.807) is 0 Å². The monoisotopic (exact) mass is 447 g/mol. The van der Waals surface area contributed by atoms with E-state index in [-0.39, 0.29) is 11.6 Å².